The first-order chi connectivity index (χ1) is 11.3. The average molecular weight is 318 g/mol. The normalized spacial score (nSPS) is 22.3. The molecule has 5 nitrogen and oxygen atoms in total. The van der Waals surface area contributed by atoms with Crippen LogP contribution in [0.25, 0.3) is 0 Å². The maximum atomic E-state index is 12.3. The summed E-state index contributed by atoms with van der Waals surface area (Å²) in [5.74, 6) is 1.17. The lowest BCUT2D eigenvalue weighted by Crippen LogP contribution is -2.43. The monoisotopic (exact) mass is 318 g/mol. The summed E-state index contributed by atoms with van der Waals surface area (Å²) in [6.07, 6.45) is 2.94. The molecule has 2 aliphatic rings. The lowest BCUT2D eigenvalue weighted by Gasteiger charge is -2.29. The lowest BCUT2D eigenvalue weighted by molar-refractivity contribution is -0.135. The van der Waals surface area contributed by atoms with E-state index in [0.717, 1.165) is 38.3 Å². The van der Waals surface area contributed by atoms with E-state index in [9.17, 15) is 4.79 Å². The van der Waals surface area contributed by atoms with Crippen LogP contribution in [-0.4, -0.2) is 67.7 Å². The highest BCUT2D eigenvalue weighted by molar-refractivity contribution is 5.76. The van der Waals surface area contributed by atoms with Crippen molar-refractivity contribution in [3.63, 3.8) is 0 Å². The maximum absolute atomic E-state index is 12.3. The molecular formula is C18H26N2O3. The predicted octanol–water partition coefficient (Wildman–Crippen LogP) is 1.78. The minimum Gasteiger partial charge on any atom is -0.492 e. The molecule has 0 aromatic heterocycles. The minimum atomic E-state index is 0.253. The maximum Gasteiger partial charge on any atom is 0.224 e. The molecule has 0 N–H and O–H groups in total. The van der Waals surface area contributed by atoms with Crippen molar-refractivity contribution in [3.8, 4) is 5.75 Å². The first-order valence-electron chi connectivity index (χ1n) is 8.60. The van der Waals surface area contributed by atoms with Gasteiger partial charge in [0.25, 0.3) is 0 Å². The van der Waals surface area contributed by atoms with E-state index in [4.69, 9.17) is 9.47 Å². The molecule has 0 radical (unpaired) electrons. The van der Waals surface area contributed by atoms with Gasteiger partial charge >= 0.3 is 0 Å². The third-order valence-electron chi connectivity index (χ3n) is 4.66. The van der Waals surface area contributed by atoms with E-state index in [2.05, 4.69) is 4.90 Å². The van der Waals surface area contributed by atoms with E-state index in [0.29, 0.717) is 32.3 Å². The predicted molar refractivity (Wildman–Crippen MR) is 88.5 cm³/mol. The quantitative estimate of drug-likeness (QED) is 0.802. The summed E-state index contributed by atoms with van der Waals surface area (Å²) < 4.78 is 11.2. The smallest absolute Gasteiger partial charge is 0.224 e. The number of ether oxygens (including phenoxy) is 2. The van der Waals surface area contributed by atoms with E-state index in [-0.39, 0.29) is 5.91 Å². The van der Waals surface area contributed by atoms with Crippen molar-refractivity contribution < 1.29 is 14.3 Å². The van der Waals surface area contributed by atoms with Gasteiger partial charge < -0.3 is 14.4 Å². The zero-order valence-corrected chi connectivity index (χ0v) is 13.7. The number of hydrogen-bond donors (Lipinski definition) is 0. The average Bonchev–Trinajstić information content (AvgIpc) is 3.07. The second-order valence-corrected chi connectivity index (χ2v) is 6.20. The van der Waals surface area contributed by atoms with Gasteiger partial charge in [-0.05, 0) is 31.5 Å². The molecule has 1 atom stereocenters. The van der Waals surface area contributed by atoms with Crippen LogP contribution in [0.15, 0.2) is 30.3 Å². The number of benzene rings is 1. The molecule has 2 aliphatic heterocycles. The molecule has 126 valence electrons. The van der Waals surface area contributed by atoms with E-state index in [1.54, 1.807) is 0 Å². The Balaban J connectivity index is 1.42. The molecule has 1 aromatic rings. The molecule has 0 spiro atoms. The Bertz CT molecular complexity index is 488. The van der Waals surface area contributed by atoms with Gasteiger partial charge in [-0.1, -0.05) is 18.2 Å². The summed E-state index contributed by atoms with van der Waals surface area (Å²) in [6, 6.07) is 10.4. The van der Waals surface area contributed by atoms with Gasteiger partial charge in [-0.15, -0.1) is 0 Å². The fourth-order valence-electron chi connectivity index (χ4n) is 3.30. The fourth-order valence-corrected chi connectivity index (χ4v) is 3.30. The van der Waals surface area contributed by atoms with Gasteiger partial charge in [0.2, 0.25) is 5.91 Å². The van der Waals surface area contributed by atoms with Crippen LogP contribution < -0.4 is 4.74 Å². The number of para-hydroxylation sites is 1. The molecular weight excluding hydrogens is 292 g/mol. The van der Waals surface area contributed by atoms with E-state index in [1.807, 2.05) is 35.2 Å². The zero-order chi connectivity index (χ0) is 15.9. The third kappa shape index (κ3) is 4.69. The summed E-state index contributed by atoms with van der Waals surface area (Å²) in [7, 11) is 0. The Kier molecular flexibility index (Phi) is 5.88. The van der Waals surface area contributed by atoms with Gasteiger partial charge in [-0.2, -0.15) is 0 Å². The number of rotatable bonds is 6. The topological polar surface area (TPSA) is 42.0 Å². The molecule has 0 bridgehead atoms. The number of likely N-dealkylation sites (tertiary alicyclic amines) is 1. The highest BCUT2D eigenvalue weighted by atomic mass is 16.5. The Hall–Kier alpha value is -1.59. The van der Waals surface area contributed by atoms with Crippen LogP contribution >= 0.6 is 0 Å². The summed E-state index contributed by atoms with van der Waals surface area (Å²) in [5.41, 5.74) is 0. The van der Waals surface area contributed by atoms with Gasteiger partial charge in [0.15, 0.2) is 0 Å². The van der Waals surface area contributed by atoms with Crippen LogP contribution in [0.5, 0.6) is 5.75 Å². The fraction of sp³-hybridized carbons (Fsp3) is 0.611. The van der Waals surface area contributed by atoms with Crippen molar-refractivity contribution in [1.29, 1.82) is 0 Å². The van der Waals surface area contributed by atoms with Gasteiger partial charge in [0.1, 0.15) is 12.4 Å². The summed E-state index contributed by atoms with van der Waals surface area (Å²) >= 11 is 0. The van der Waals surface area contributed by atoms with Crippen LogP contribution in [0, 0.1) is 0 Å². The van der Waals surface area contributed by atoms with Crippen LogP contribution in [-0.2, 0) is 9.53 Å². The number of hydrogen-bond acceptors (Lipinski definition) is 4. The van der Waals surface area contributed by atoms with Crippen molar-refractivity contribution >= 4 is 5.91 Å². The zero-order valence-electron chi connectivity index (χ0n) is 13.7. The standard InChI is InChI=1S/C18H26N2O3/c21-18(20-11-13-22-14-12-20)8-10-19-9-4-5-16(19)15-23-17-6-2-1-3-7-17/h1-3,6-7,16H,4-5,8-15H2/t16-/m1/s1. The molecule has 1 aromatic carbocycles. The number of carbonyl (C=O) groups is 1. The molecule has 1 amide bonds. The summed E-state index contributed by atoms with van der Waals surface area (Å²) in [5, 5.41) is 0. The first-order valence-corrected chi connectivity index (χ1v) is 8.60. The van der Waals surface area contributed by atoms with E-state index < -0.39 is 0 Å². The molecule has 23 heavy (non-hydrogen) atoms. The summed E-state index contributed by atoms with van der Waals surface area (Å²) in [4.78, 5) is 16.6. The highest BCUT2D eigenvalue weighted by Gasteiger charge is 2.26. The Morgan fingerprint density at radius 3 is 2.74 bits per heavy atom. The molecule has 3 rings (SSSR count). The van der Waals surface area contributed by atoms with Crippen LogP contribution in [0.2, 0.25) is 0 Å². The van der Waals surface area contributed by atoms with E-state index in [1.165, 1.54) is 6.42 Å². The van der Waals surface area contributed by atoms with Crippen molar-refractivity contribution in [1.82, 2.24) is 9.80 Å². The van der Waals surface area contributed by atoms with Crippen molar-refractivity contribution in [2.75, 3.05) is 46.0 Å². The second-order valence-electron chi connectivity index (χ2n) is 6.20. The van der Waals surface area contributed by atoms with Crippen molar-refractivity contribution in [2.45, 2.75) is 25.3 Å². The Morgan fingerprint density at radius 1 is 1.17 bits per heavy atom. The minimum absolute atomic E-state index is 0.253. The number of amides is 1. The largest absolute Gasteiger partial charge is 0.492 e. The molecule has 2 heterocycles. The molecule has 2 fully saturated rings. The van der Waals surface area contributed by atoms with Crippen molar-refractivity contribution in [2.24, 2.45) is 0 Å². The Labute approximate surface area is 138 Å². The highest BCUT2D eigenvalue weighted by Crippen LogP contribution is 2.19. The number of nitrogens with zero attached hydrogens (tertiary/aromatic N) is 2. The van der Waals surface area contributed by atoms with Gasteiger partial charge in [-0.25, -0.2) is 0 Å². The second kappa shape index (κ2) is 8.31. The summed E-state index contributed by atoms with van der Waals surface area (Å²) in [6.45, 7) is 5.42. The molecule has 0 unspecified atom stereocenters. The molecule has 2 saturated heterocycles. The molecule has 0 saturated carbocycles. The SMILES string of the molecule is O=C(CCN1CCC[C@@H]1COc1ccccc1)N1CCOCC1. The number of morpholine rings is 1. The third-order valence-corrected chi connectivity index (χ3v) is 4.66. The lowest BCUT2D eigenvalue weighted by atomic mass is 10.2. The van der Waals surface area contributed by atoms with Crippen LogP contribution in [0.1, 0.15) is 19.3 Å². The van der Waals surface area contributed by atoms with Crippen molar-refractivity contribution in [3.05, 3.63) is 30.3 Å². The van der Waals surface area contributed by atoms with Gasteiger partial charge in [0.05, 0.1) is 13.2 Å². The van der Waals surface area contributed by atoms with Gasteiger partial charge in [0, 0.05) is 32.1 Å². The van der Waals surface area contributed by atoms with E-state index >= 15 is 0 Å². The first kappa shape index (κ1) is 16.3. The molecule has 5 heteroatoms. The van der Waals surface area contributed by atoms with Crippen LogP contribution in [0.4, 0.5) is 0 Å². The number of carbonyl (C=O) groups excluding carboxylic acids is 1. The van der Waals surface area contributed by atoms with Crippen LogP contribution in [0.3, 0.4) is 0 Å². The van der Waals surface area contributed by atoms with Gasteiger partial charge in [-0.3, -0.25) is 9.69 Å². The molecule has 0 aliphatic carbocycles. The Morgan fingerprint density at radius 2 is 1.96 bits per heavy atom.